The third-order valence-corrected chi connectivity index (χ3v) is 2.85. The lowest BCUT2D eigenvalue weighted by atomic mass is 10.2. The molecule has 4 heteroatoms. The van der Waals surface area contributed by atoms with Crippen LogP contribution < -0.4 is 5.32 Å². The van der Waals surface area contributed by atoms with Crippen molar-refractivity contribution in [3.05, 3.63) is 58.8 Å². The minimum Gasteiger partial charge on any atom is -0.385 e. The van der Waals surface area contributed by atoms with E-state index in [0.29, 0.717) is 12.2 Å². The molecular formula is C13H13BrN2O. The number of nitrogens with one attached hydrogen (secondary N) is 1. The fourth-order valence-electron chi connectivity index (χ4n) is 1.49. The van der Waals surface area contributed by atoms with E-state index in [1.807, 2.05) is 42.5 Å². The number of hydrogen-bond acceptors (Lipinski definition) is 3. The summed E-state index contributed by atoms with van der Waals surface area (Å²) in [5.41, 5.74) is 1.64. The number of hydrogen-bond donors (Lipinski definition) is 2. The monoisotopic (exact) mass is 292 g/mol. The van der Waals surface area contributed by atoms with E-state index in [1.54, 1.807) is 6.20 Å². The van der Waals surface area contributed by atoms with Crippen LogP contribution in [0.1, 0.15) is 11.8 Å². The van der Waals surface area contributed by atoms with Gasteiger partial charge in [0.05, 0.1) is 5.69 Å². The van der Waals surface area contributed by atoms with Gasteiger partial charge in [0, 0.05) is 22.9 Å². The summed E-state index contributed by atoms with van der Waals surface area (Å²) >= 11 is 3.40. The summed E-state index contributed by atoms with van der Waals surface area (Å²) in [6.45, 7) is 0.438. The highest BCUT2D eigenvalue weighted by Crippen LogP contribution is 2.17. The van der Waals surface area contributed by atoms with Crippen molar-refractivity contribution >= 4 is 21.6 Å². The second-order valence-electron chi connectivity index (χ2n) is 3.66. The molecule has 2 rings (SSSR count). The molecule has 17 heavy (non-hydrogen) atoms. The zero-order valence-electron chi connectivity index (χ0n) is 9.18. The molecule has 0 spiro atoms. The first-order valence-corrected chi connectivity index (χ1v) is 6.13. The number of rotatable bonds is 4. The van der Waals surface area contributed by atoms with Gasteiger partial charge in [-0.3, -0.25) is 4.98 Å². The number of aliphatic hydroxyl groups excluding tert-OH is 1. The van der Waals surface area contributed by atoms with E-state index in [9.17, 15) is 5.11 Å². The average Bonchev–Trinajstić information content (AvgIpc) is 2.37. The summed E-state index contributed by atoms with van der Waals surface area (Å²) in [4.78, 5) is 4.11. The maximum Gasteiger partial charge on any atom is 0.113 e. The summed E-state index contributed by atoms with van der Waals surface area (Å²) in [5, 5.41) is 13.1. The first kappa shape index (κ1) is 12.1. The average molecular weight is 293 g/mol. The molecule has 0 saturated carbocycles. The Balaban J connectivity index is 1.95. The second kappa shape index (κ2) is 5.80. The van der Waals surface area contributed by atoms with Crippen molar-refractivity contribution in [2.45, 2.75) is 6.10 Å². The standard InChI is InChI=1S/C13H13BrN2O/c14-10-4-3-5-11(8-10)16-9-13(17)12-6-1-2-7-15-12/h1-8,13,16-17H,9H2. The van der Waals surface area contributed by atoms with E-state index >= 15 is 0 Å². The zero-order chi connectivity index (χ0) is 12.1. The molecule has 0 amide bonds. The van der Waals surface area contributed by atoms with E-state index in [1.165, 1.54) is 0 Å². The Bertz CT molecular complexity index is 476. The first-order chi connectivity index (χ1) is 8.25. The highest BCUT2D eigenvalue weighted by Gasteiger charge is 2.07. The fraction of sp³-hybridized carbons (Fsp3) is 0.154. The van der Waals surface area contributed by atoms with Crippen LogP contribution in [0, 0.1) is 0 Å². The van der Waals surface area contributed by atoms with Gasteiger partial charge in [0.15, 0.2) is 0 Å². The lowest BCUT2D eigenvalue weighted by molar-refractivity contribution is 0.187. The quantitative estimate of drug-likeness (QED) is 0.911. The van der Waals surface area contributed by atoms with Gasteiger partial charge < -0.3 is 10.4 Å². The van der Waals surface area contributed by atoms with Crippen molar-refractivity contribution in [3.63, 3.8) is 0 Å². The molecule has 2 N–H and O–H groups in total. The Morgan fingerprint density at radius 1 is 1.24 bits per heavy atom. The van der Waals surface area contributed by atoms with E-state index in [4.69, 9.17) is 0 Å². The Labute approximate surface area is 109 Å². The summed E-state index contributed by atoms with van der Waals surface area (Å²) in [6, 6.07) is 13.3. The number of halogens is 1. The molecule has 0 radical (unpaired) electrons. The molecule has 1 aromatic carbocycles. The van der Waals surface area contributed by atoms with Gasteiger partial charge >= 0.3 is 0 Å². The van der Waals surface area contributed by atoms with E-state index in [2.05, 4.69) is 26.2 Å². The van der Waals surface area contributed by atoms with Crippen LogP contribution in [0.4, 0.5) is 5.69 Å². The van der Waals surface area contributed by atoms with Gasteiger partial charge in [0.1, 0.15) is 6.10 Å². The molecule has 1 aromatic heterocycles. The van der Waals surface area contributed by atoms with Crippen LogP contribution in [-0.2, 0) is 0 Å². The predicted molar refractivity (Wildman–Crippen MR) is 71.8 cm³/mol. The topological polar surface area (TPSA) is 45.1 Å². The van der Waals surface area contributed by atoms with Gasteiger partial charge in [-0.25, -0.2) is 0 Å². The number of benzene rings is 1. The SMILES string of the molecule is OC(CNc1cccc(Br)c1)c1ccccn1. The van der Waals surface area contributed by atoms with Crippen LogP contribution in [0.3, 0.4) is 0 Å². The van der Waals surface area contributed by atoms with Gasteiger partial charge in [0.25, 0.3) is 0 Å². The molecule has 3 nitrogen and oxygen atoms in total. The van der Waals surface area contributed by atoms with Crippen LogP contribution >= 0.6 is 15.9 Å². The van der Waals surface area contributed by atoms with Gasteiger partial charge in [-0.2, -0.15) is 0 Å². The predicted octanol–water partition coefficient (Wildman–Crippen LogP) is 2.99. The summed E-state index contributed by atoms with van der Waals surface area (Å²) in [7, 11) is 0. The largest absolute Gasteiger partial charge is 0.385 e. The molecule has 1 heterocycles. The van der Waals surface area contributed by atoms with E-state index < -0.39 is 6.10 Å². The molecule has 2 aromatic rings. The van der Waals surface area contributed by atoms with Gasteiger partial charge in [-0.1, -0.05) is 28.1 Å². The number of aliphatic hydroxyl groups is 1. The smallest absolute Gasteiger partial charge is 0.113 e. The van der Waals surface area contributed by atoms with Gasteiger partial charge in [0.2, 0.25) is 0 Å². The molecule has 1 atom stereocenters. The lowest BCUT2D eigenvalue weighted by Gasteiger charge is -2.12. The zero-order valence-corrected chi connectivity index (χ0v) is 10.8. The third-order valence-electron chi connectivity index (χ3n) is 2.35. The highest BCUT2D eigenvalue weighted by atomic mass is 79.9. The molecule has 0 aliphatic carbocycles. The highest BCUT2D eigenvalue weighted by molar-refractivity contribution is 9.10. The van der Waals surface area contributed by atoms with E-state index in [0.717, 1.165) is 10.2 Å². The normalized spacial score (nSPS) is 12.1. The second-order valence-corrected chi connectivity index (χ2v) is 4.58. The molecule has 0 aliphatic rings. The Morgan fingerprint density at radius 3 is 2.82 bits per heavy atom. The molecule has 0 aliphatic heterocycles. The molecule has 0 saturated heterocycles. The van der Waals surface area contributed by atoms with Crippen molar-refractivity contribution in [1.29, 1.82) is 0 Å². The molecule has 0 bridgehead atoms. The fourth-order valence-corrected chi connectivity index (χ4v) is 1.89. The molecule has 0 fully saturated rings. The number of pyridine rings is 1. The molecular weight excluding hydrogens is 280 g/mol. The maximum atomic E-state index is 9.91. The van der Waals surface area contributed by atoms with Crippen molar-refractivity contribution in [3.8, 4) is 0 Å². The minimum absolute atomic E-state index is 0.438. The summed E-state index contributed by atoms with van der Waals surface area (Å²) in [6.07, 6.45) is 1.08. The molecule has 1 unspecified atom stereocenters. The Morgan fingerprint density at radius 2 is 2.12 bits per heavy atom. The van der Waals surface area contributed by atoms with E-state index in [-0.39, 0.29) is 0 Å². The van der Waals surface area contributed by atoms with Gasteiger partial charge in [-0.15, -0.1) is 0 Å². The van der Waals surface area contributed by atoms with Crippen LogP contribution in [0.15, 0.2) is 53.1 Å². The Hall–Kier alpha value is -1.39. The van der Waals surface area contributed by atoms with Crippen molar-refractivity contribution < 1.29 is 5.11 Å². The summed E-state index contributed by atoms with van der Waals surface area (Å²) in [5.74, 6) is 0. The van der Waals surface area contributed by atoms with Crippen LogP contribution in [0.2, 0.25) is 0 Å². The van der Waals surface area contributed by atoms with Gasteiger partial charge in [-0.05, 0) is 30.3 Å². The minimum atomic E-state index is -0.602. The Kier molecular flexibility index (Phi) is 4.12. The third kappa shape index (κ3) is 3.54. The van der Waals surface area contributed by atoms with Crippen molar-refractivity contribution in [2.75, 3.05) is 11.9 Å². The maximum absolute atomic E-state index is 9.91. The first-order valence-electron chi connectivity index (χ1n) is 5.34. The van der Waals surface area contributed by atoms with Crippen LogP contribution in [0.25, 0.3) is 0 Å². The van der Waals surface area contributed by atoms with Crippen molar-refractivity contribution in [1.82, 2.24) is 4.98 Å². The van der Waals surface area contributed by atoms with Crippen LogP contribution in [0.5, 0.6) is 0 Å². The summed E-state index contributed by atoms with van der Waals surface area (Å²) < 4.78 is 1.01. The van der Waals surface area contributed by atoms with Crippen molar-refractivity contribution in [2.24, 2.45) is 0 Å². The lowest BCUT2D eigenvalue weighted by Crippen LogP contribution is -2.13. The number of nitrogens with zero attached hydrogens (tertiary/aromatic N) is 1. The number of anilines is 1. The molecule has 88 valence electrons. The number of aromatic nitrogens is 1. The van der Waals surface area contributed by atoms with Crippen LogP contribution in [-0.4, -0.2) is 16.6 Å².